The van der Waals surface area contributed by atoms with Crippen molar-refractivity contribution in [1.29, 1.82) is 0 Å². The second kappa shape index (κ2) is 5.54. The molecule has 0 fully saturated rings. The molecule has 0 saturated heterocycles. The quantitative estimate of drug-likeness (QED) is 0.772. The SMILES string of the molecule is CCCc1cccc(C(=O)c2ncc(C)cn2)c1. The van der Waals surface area contributed by atoms with Gasteiger partial charge in [-0.15, -0.1) is 0 Å². The molecule has 0 bridgehead atoms. The molecular weight excluding hydrogens is 224 g/mol. The van der Waals surface area contributed by atoms with Gasteiger partial charge in [0.25, 0.3) is 0 Å². The van der Waals surface area contributed by atoms with Gasteiger partial charge >= 0.3 is 0 Å². The zero-order chi connectivity index (χ0) is 13.0. The molecule has 1 aromatic carbocycles. The van der Waals surface area contributed by atoms with Gasteiger partial charge in [0.1, 0.15) is 0 Å². The summed E-state index contributed by atoms with van der Waals surface area (Å²) in [5.74, 6) is 0.141. The van der Waals surface area contributed by atoms with Crippen molar-refractivity contribution in [1.82, 2.24) is 9.97 Å². The van der Waals surface area contributed by atoms with E-state index in [1.54, 1.807) is 12.4 Å². The third-order valence-corrected chi connectivity index (χ3v) is 2.71. The monoisotopic (exact) mass is 240 g/mol. The van der Waals surface area contributed by atoms with E-state index >= 15 is 0 Å². The predicted molar refractivity (Wildman–Crippen MR) is 70.6 cm³/mol. The summed E-state index contributed by atoms with van der Waals surface area (Å²) in [6.45, 7) is 4.02. The fraction of sp³-hybridized carbons (Fsp3) is 0.267. The lowest BCUT2D eigenvalue weighted by Gasteiger charge is -2.03. The third kappa shape index (κ3) is 2.80. The molecule has 1 aromatic heterocycles. The summed E-state index contributed by atoms with van der Waals surface area (Å²) >= 11 is 0. The lowest BCUT2D eigenvalue weighted by Crippen LogP contribution is -2.07. The van der Waals surface area contributed by atoms with Gasteiger partial charge in [-0.25, -0.2) is 9.97 Å². The number of hydrogen-bond acceptors (Lipinski definition) is 3. The van der Waals surface area contributed by atoms with Crippen molar-refractivity contribution in [3.05, 3.63) is 59.2 Å². The highest BCUT2D eigenvalue weighted by Crippen LogP contribution is 2.11. The molecular formula is C15H16N2O. The first-order valence-electron chi connectivity index (χ1n) is 6.13. The Morgan fingerprint density at radius 3 is 2.61 bits per heavy atom. The van der Waals surface area contributed by atoms with Crippen LogP contribution in [0.4, 0.5) is 0 Å². The van der Waals surface area contributed by atoms with Gasteiger partial charge in [-0.05, 0) is 30.5 Å². The number of aromatic nitrogens is 2. The first kappa shape index (κ1) is 12.4. The maximum atomic E-state index is 12.2. The topological polar surface area (TPSA) is 42.9 Å². The van der Waals surface area contributed by atoms with E-state index in [2.05, 4.69) is 16.9 Å². The summed E-state index contributed by atoms with van der Waals surface area (Å²) in [4.78, 5) is 20.3. The number of carbonyl (C=O) groups excluding carboxylic acids is 1. The number of nitrogens with zero attached hydrogens (tertiary/aromatic N) is 2. The predicted octanol–water partition coefficient (Wildman–Crippen LogP) is 2.97. The average Bonchev–Trinajstić information content (AvgIpc) is 2.39. The lowest BCUT2D eigenvalue weighted by molar-refractivity contribution is 0.102. The maximum Gasteiger partial charge on any atom is 0.230 e. The Balaban J connectivity index is 2.28. The molecule has 18 heavy (non-hydrogen) atoms. The van der Waals surface area contributed by atoms with Gasteiger partial charge in [0.2, 0.25) is 11.6 Å². The zero-order valence-electron chi connectivity index (χ0n) is 10.7. The van der Waals surface area contributed by atoms with Crippen LogP contribution >= 0.6 is 0 Å². The Hall–Kier alpha value is -2.03. The van der Waals surface area contributed by atoms with Crippen molar-refractivity contribution in [3.8, 4) is 0 Å². The molecule has 3 heteroatoms. The molecule has 92 valence electrons. The highest BCUT2D eigenvalue weighted by atomic mass is 16.1. The lowest BCUT2D eigenvalue weighted by atomic mass is 10.0. The summed E-state index contributed by atoms with van der Waals surface area (Å²) < 4.78 is 0. The van der Waals surface area contributed by atoms with Crippen molar-refractivity contribution in [2.24, 2.45) is 0 Å². The van der Waals surface area contributed by atoms with Crippen LogP contribution in [0.1, 0.15) is 40.7 Å². The summed E-state index contributed by atoms with van der Waals surface area (Å²) in [7, 11) is 0. The Morgan fingerprint density at radius 1 is 1.22 bits per heavy atom. The molecule has 3 nitrogen and oxygen atoms in total. The van der Waals surface area contributed by atoms with Gasteiger partial charge in [0.05, 0.1) is 0 Å². The van der Waals surface area contributed by atoms with Crippen LogP contribution < -0.4 is 0 Å². The molecule has 0 radical (unpaired) electrons. The molecule has 0 amide bonds. The Labute approximate surface area is 107 Å². The van der Waals surface area contributed by atoms with Crippen LogP contribution in [0.2, 0.25) is 0 Å². The maximum absolute atomic E-state index is 12.2. The third-order valence-electron chi connectivity index (χ3n) is 2.71. The highest BCUT2D eigenvalue weighted by Gasteiger charge is 2.11. The summed E-state index contributed by atoms with van der Waals surface area (Å²) in [6.07, 6.45) is 5.38. The fourth-order valence-electron chi connectivity index (χ4n) is 1.80. The van der Waals surface area contributed by atoms with Crippen molar-refractivity contribution in [2.75, 3.05) is 0 Å². The molecule has 1 heterocycles. The first-order chi connectivity index (χ1) is 8.70. The van der Waals surface area contributed by atoms with E-state index in [-0.39, 0.29) is 11.6 Å². The molecule has 2 aromatic rings. The van der Waals surface area contributed by atoms with E-state index < -0.39 is 0 Å². The van der Waals surface area contributed by atoms with Crippen LogP contribution in [0.15, 0.2) is 36.7 Å². The Kier molecular flexibility index (Phi) is 3.82. The van der Waals surface area contributed by atoms with Crippen molar-refractivity contribution < 1.29 is 4.79 Å². The number of carbonyl (C=O) groups is 1. The normalized spacial score (nSPS) is 10.3. The van der Waals surface area contributed by atoms with E-state index in [0.717, 1.165) is 18.4 Å². The molecule has 0 aliphatic heterocycles. The zero-order valence-corrected chi connectivity index (χ0v) is 10.7. The van der Waals surface area contributed by atoms with E-state index in [1.165, 1.54) is 5.56 Å². The van der Waals surface area contributed by atoms with Crippen LogP contribution in [0, 0.1) is 6.92 Å². The van der Waals surface area contributed by atoms with E-state index in [1.807, 2.05) is 31.2 Å². The van der Waals surface area contributed by atoms with Crippen LogP contribution in [0.5, 0.6) is 0 Å². The molecule has 0 N–H and O–H groups in total. The van der Waals surface area contributed by atoms with Gasteiger partial charge < -0.3 is 0 Å². The summed E-state index contributed by atoms with van der Waals surface area (Å²) in [5, 5.41) is 0. The fourth-order valence-corrected chi connectivity index (χ4v) is 1.80. The average molecular weight is 240 g/mol. The minimum Gasteiger partial charge on any atom is -0.285 e. The molecule has 0 aliphatic rings. The molecule has 0 unspecified atom stereocenters. The molecule has 0 atom stereocenters. The van der Waals surface area contributed by atoms with Crippen LogP contribution in [-0.2, 0) is 6.42 Å². The second-order valence-corrected chi connectivity index (χ2v) is 4.36. The van der Waals surface area contributed by atoms with Crippen molar-refractivity contribution in [3.63, 3.8) is 0 Å². The van der Waals surface area contributed by atoms with Crippen molar-refractivity contribution >= 4 is 5.78 Å². The smallest absolute Gasteiger partial charge is 0.230 e. The Morgan fingerprint density at radius 2 is 1.94 bits per heavy atom. The summed E-state index contributed by atoms with van der Waals surface area (Å²) in [5.41, 5.74) is 2.78. The number of rotatable bonds is 4. The van der Waals surface area contributed by atoms with Crippen molar-refractivity contribution in [2.45, 2.75) is 26.7 Å². The van der Waals surface area contributed by atoms with Gasteiger partial charge in [0, 0.05) is 18.0 Å². The first-order valence-corrected chi connectivity index (χ1v) is 6.13. The number of hydrogen-bond donors (Lipinski definition) is 0. The molecule has 0 spiro atoms. The van der Waals surface area contributed by atoms with E-state index in [4.69, 9.17) is 0 Å². The molecule has 2 rings (SSSR count). The van der Waals surface area contributed by atoms with Crippen LogP contribution in [-0.4, -0.2) is 15.8 Å². The highest BCUT2D eigenvalue weighted by molar-refractivity contribution is 6.06. The summed E-state index contributed by atoms with van der Waals surface area (Å²) in [6, 6.07) is 7.68. The van der Waals surface area contributed by atoms with Gasteiger partial charge in [-0.3, -0.25) is 4.79 Å². The van der Waals surface area contributed by atoms with Gasteiger partial charge in [-0.1, -0.05) is 31.5 Å². The number of benzene rings is 1. The Bertz CT molecular complexity index is 547. The number of ketones is 1. The van der Waals surface area contributed by atoms with E-state index in [9.17, 15) is 4.79 Å². The van der Waals surface area contributed by atoms with Crippen LogP contribution in [0.25, 0.3) is 0 Å². The van der Waals surface area contributed by atoms with Gasteiger partial charge in [-0.2, -0.15) is 0 Å². The number of aryl methyl sites for hydroxylation is 2. The molecule has 0 aliphatic carbocycles. The van der Waals surface area contributed by atoms with Crippen LogP contribution in [0.3, 0.4) is 0 Å². The van der Waals surface area contributed by atoms with Gasteiger partial charge in [0.15, 0.2) is 0 Å². The minimum atomic E-state index is -0.118. The minimum absolute atomic E-state index is 0.118. The van der Waals surface area contributed by atoms with E-state index in [0.29, 0.717) is 5.56 Å². The second-order valence-electron chi connectivity index (χ2n) is 4.36. The standard InChI is InChI=1S/C15H16N2O/c1-3-5-12-6-4-7-13(8-12)14(18)15-16-9-11(2)10-17-15/h4,6-10H,3,5H2,1-2H3. The molecule has 0 saturated carbocycles. The largest absolute Gasteiger partial charge is 0.285 e.